The van der Waals surface area contributed by atoms with Crippen LogP contribution in [0.1, 0.15) is 28.8 Å². The highest BCUT2D eigenvalue weighted by atomic mass is 16.5. The lowest BCUT2D eigenvalue weighted by Crippen LogP contribution is -2.40. The van der Waals surface area contributed by atoms with E-state index in [2.05, 4.69) is 0 Å². The third kappa shape index (κ3) is 3.55. The van der Waals surface area contributed by atoms with E-state index in [0.29, 0.717) is 18.7 Å². The lowest BCUT2D eigenvalue weighted by Gasteiger charge is -2.31. The smallest absolute Gasteiger partial charge is 0.253 e. The summed E-state index contributed by atoms with van der Waals surface area (Å²) in [5.74, 6) is 0.285. The van der Waals surface area contributed by atoms with E-state index < -0.39 is 0 Å². The molecule has 4 heteroatoms. The van der Waals surface area contributed by atoms with Gasteiger partial charge in [-0.2, -0.15) is 0 Å². The minimum Gasteiger partial charge on any atom is -0.396 e. The summed E-state index contributed by atoms with van der Waals surface area (Å²) in [4.78, 5) is 14.2. The number of aliphatic hydroxyl groups is 1. The van der Waals surface area contributed by atoms with E-state index in [0.717, 1.165) is 24.9 Å². The van der Waals surface area contributed by atoms with Gasteiger partial charge in [0.15, 0.2) is 0 Å². The SMILES string of the molecule is COCc1ccc(C(=O)N2CCCC(CO)C2)cc1. The zero-order valence-corrected chi connectivity index (χ0v) is 11.3. The van der Waals surface area contributed by atoms with Gasteiger partial charge in [0.05, 0.1) is 6.61 Å². The average molecular weight is 263 g/mol. The molecule has 1 fully saturated rings. The van der Waals surface area contributed by atoms with Crippen molar-refractivity contribution in [2.45, 2.75) is 19.4 Å². The first-order valence-electron chi connectivity index (χ1n) is 6.72. The number of aliphatic hydroxyl groups excluding tert-OH is 1. The summed E-state index contributed by atoms with van der Waals surface area (Å²) in [6.45, 7) is 2.17. The van der Waals surface area contributed by atoms with E-state index in [9.17, 15) is 9.90 Å². The number of piperidine rings is 1. The Bertz CT molecular complexity index is 416. The van der Waals surface area contributed by atoms with Gasteiger partial charge >= 0.3 is 0 Å². The summed E-state index contributed by atoms with van der Waals surface area (Å²) >= 11 is 0. The summed E-state index contributed by atoms with van der Waals surface area (Å²) in [6.07, 6.45) is 1.98. The van der Waals surface area contributed by atoms with Crippen LogP contribution in [0.5, 0.6) is 0 Å². The van der Waals surface area contributed by atoms with Crippen LogP contribution in [0.4, 0.5) is 0 Å². The van der Waals surface area contributed by atoms with Crippen LogP contribution in [-0.4, -0.2) is 42.7 Å². The molecule has 1 aliphatic rings. The highest BCUT2D eigenvalue weighted by Crippen LogP contribution is 2.18. The topological polar surface area (TPSA) is 49.8 Å². The van der Waals surface area contributed by atoms with Gasteiger partial charge in [0.2, 0.25) is 0 Å². The molecule has 0 bridgehead atoms. The summed E-state index contributed by atoms with van der Waals surface area (Å²) in [5, 5.41) is 9.20. The first kappa shape index (κ1) is 14.0. The molecule has 2 rings (SSSR count). The van der Waals surface area contributed by atoms with Gasteiger partial charge < -0.3 is 14.7 Å². The number of carbonyl (C=O) groups is 1. The van der Waals surface area contributed by atoms with Crippen molar-refractivity contribution in [1.82, 2.24) is 4.90 Å². The van der Waals surface area contributed by atoms with Gasteiger partial charge in [0, 0.05) is 32.4 Å². The first-order valence-corrected chi connectivity index (χ1v) is 6.72. The van der Waals surface area contributed by atoms with E-state index >= 15 is 0 Å². The zero-order chi connectivity index (χ0) is 13.7. The van der Waals surface area contributed by atoms with Gasteiger partial charge in [-0.3, -0.25) is 4.79 Å². The molecule has 0 saturated carbocycles. The Balaban J connectivity index is 2.02. The molecule has 1 aromatic rings. The third-order valence-corrected chi connectivity index (χ3v) is 3.58. The lowest BCUT2D eigenvalue weighted by molar-refractivity contribution is 0.0620. The molecule has 104 valence electrons. The molecule has 19 heavy (non-hydrogen) atoms. The van der Waals surface area contributed by atoms with Crippen molar-refractivity contribution < 1.29 is 14.6 Å². The standard InChI is InChI=1S/C15H21NO3/c1-19-11-12-4-6-14(7-5-12)15(18)16-8-2-3-13(9-16)10-17/h4-7,13,17H,2-3,8-11H2,1H3. The minimum atomic E-state index is 0.0575. The number of hydrogen-bond acceptors (Lipinski definition) is 3. The number of rotatable bonds is 4. The number of ether oxygens (including phenoxy) is 1. The molecule has 1 heterocycles. The maximum atomic E-state index is 12.3. The largest absolute Gasteiger partial charge is 0.396 e. The molecule has 1 atom stereocenters. The summed E-state index contributed by atoms with van der Waals surface area (Å²) in [6, 6.07) is 7.53. The first-order chi connectivity index (χ1) is 9.24. The van der Waals surface area contributed by atoms with E-state index in [1.807, 2.05) is 29.2 Å². The Labute approximate surface area is 114 Å². The number of methoxy groups -OCH3 is 1. The summed E-state index contributed by atoms with van der Waals surface area (Å²) < 4.78 is 5.05. The molecule has 1 unspecified atom stereocenters. The van der Waals surface area contributed by atoms with Gasteiger partial charge in [-0.25, -0.2) is 0 Å². The van der Waals surface area contributed by atoms with Gasteiger partial charge in [-0.05, 0) is 36.5 Å². The fourth-order valence-electron chi connectivity index (χ4n) is 2.49. The maximum absolute atomic E-state index is 12.3. The van der Waals surface area contributed by atoms with Crippen molar-refractivity contribution >= 4 is 5.91 Å². The van der Waals surface area contributed by atoms with E-state index in [-0.39, 0.29) is 18.4 Å². The molecular formula is C15H21NO3. The molecule has 1 amide bonds. The molecule has 0 aromatic heterocycles. The molecule has 0 aliphatic carbocycles. The predicted molar refractivity (Wildman–Crippen MR) is 72.9 cm³/mol. The lowest BCUT2D eigenvalue weighted by atomic mass is 9.98. The normalized spacial score (nSPS) is 19.5. The fourth-order valence-corrected chi connectivity index (χ4v) is 2.49. The van der Waals surface area contributed by atoms with Crippen LogP contribution < -0.4 is 0 Å². The molecule has 4 nitrogen and oxygen atoms in total. The quantitative estimate of drug-likeness (QED) is 0.899. The van der Waals surface area contributed by atoms with E-state index in [1.165, 1.54) is 0 Å². The average Bonchev–Trinajstić information content (AvgIpc) is 2.48. The number of hydrogen-bond donors (Lipinski definition) is 1. The van der Waals surface area contributed by atoms with Gasteiger partial charge in [0.25, 0.3) is 5.91 Å². The molecular weight excluding hydrogens is 242 g/mol. The van der Waals surface area contributed by atoms with Crippen molar-refractivity contribution in [3.63, 3.8) is 0 Å². The second kappa shape index (κ2) is 6.68. The molecule has 1 N–H and O–H groups in total. The van der Waals surface area contributed by atoms with Crippen LogP contribution in [-0.2, 0) is 11.3 Å². The minimum absolute atomic E-state index is 0.0575. The Morgan fingerprint density at radius 1 is 1.42 bits per heavy atom. The van der Waals surface area contributed by atoms with Crippen LogP contribution in [0.3, 0.4) is 0 Å². The van der Waals surface area contributed by atoms with Crippen LogP contribution >= 0.6 is 0 Å². The summed E-state index contributed by atoms with van der Waals surface area (Å²) in [5.41, 5.74) is 1.77. The second-order valence-corrected chi connectivity index (χ2v) is 5.07. The van der Waals surface area contributed by atoms with Crippen molar-refractivity contribution in [2.24, 2.45) is 5.92 Å². The Morgan fingerprint density at radius 3 is 2.79 bits per heavy atom. The van der Waals surface area contributed by atoms with Crippen LogP contribution in [0.25, 0.3) is 0 Å². The molecule has 1 saturated heterocycles. The highest BCUT2D eigenvalue weighted by molar-refractivity contribution is 5.94. The Kier molecular flexibility index (Phi) is 4.93. The second-order valence-electron chi connectivity index (χ2n) is 5.07. The number of benzene rings is 1. The maximum Gasteiger partial charge on any atom is 0.253 e. The van der Waals surface area contributed by atoms with Crippen LogP contribution in [0.2, 0.25) is 0 Å². The monoisotopic (exact) mass is 263 g/mol. The molecule has 0 spiro atoms. The molecule has 1 aromatic carbocycles. The van der Waals surface area contributed by atoms with E-state index in [1.54, 1.807) is 7.11 Å². The third-order valence-electron chi connectivity index (χ3n) is 3.58. The zero-order valence-electron chi connectivity index (χ0n) is 11.3. The number of likely N-dealkylation sites (tertiary alicyclic amines) is 1. The van der Waals surface area contributed by atoms with Gasteiger partial charge in [-0.1, -0.05) is 12.1 Å². The Hall–Kier alpha value is -1.39. The number of amides is 1. The predicted octanol–water partition coefficient (Wildman–Crippen LogP) is 1.68. The fraction of sp³-hybridized carbons (Fsp3) is 0.533. The number of carbonyl (C=O) groups excluding carboxylic acids is 1. The Morgan fingerprint density at radius 2 is 2.16 bits per heavy atom. The number of nitrogens with zero attached hydrogens (tertiary/aromatic N) is 1. The molecule has 0 radical (unpaired) electrons. The molecule has 1 aliphatic heterocycles. The highest BCUT2D eigenvalue weighted by Gasteiger charge is 2.23. The van der Waals surface area contributed by atoms with Crippen molar-refractivity contribution in [2.75, 3.05) is 26.8 Å². The van der Waals surface area contributed by atoms with Crippen molar-refractivity contribution in [3.05, 3.63) is 35.4 Å². The summed E-state index contributed by atoms with van der Waals surface area (Å²) in [7, 11) is 1.65. The van der Waals surface area contributed by atoms with E-state index in [4.69, 9.17) is 4.74 Å². The van der Waals surface area contributed by atoms with Crippen molar-refractivity contribution in [1.29, 1.82) is 0 Å². The van der Waals surface area contributed by atoms with Crippen molar-refractivity contribution in [3.8, 4) is 0 Å². The van der Waals surface area contributed by atoms with Crippen LogP contribution in [0, 0.1) is 5.92 Å². The van der Waals surface area contributed by atoms with Gasteiger partial charge in [0.1, 0.15) is 0 Å². The van der Waals surface area contributed by atoms with Gasteiger partial charge in [-0.15, -0.1) is 0 Å². The van der Waals surface area contributed by atoms with Crippen LogP contribution in [0.15, 0.2) is 24.3 Å².